The number of benzene rings is 1. The second-order valence-corrected chi connectivity index (χ2v) is 6.64. The van der Waals surface area contributed by atoms with Crippen molar-refractivity contribution in [1.82, 2.24) is 15.1 Å². The van der Waals surface area contributed by atoms with Crippen LogP contribution in [0.1, 0.15) is 11.1 Å². The first-order chi connectivity index (χ1) is 13.4. The van der Waals surface area contributed by atoms with Gasteiger partial charge in [0.1, 0.15) is 11.4 Å². The van der Waals surface area contributed by atoms with E-state index in [-0.39, 0.29) is 31.2 Å². The Morgan fingerprint density at radius 3 is 2.68 bits per heavy atom. The van der Waals surface area contributed by atoms with E-state index >= 15 is 0 Å². The average Bonchev–Trinajstić information content (AvgIpc) is 3.20. The Hall–Kier alpha value is -3.06. The van der Waals surface area contributed by atoms with Gasteiger partial charge in [-0.2, -0.15) is 5.10 Å². The Labute approximate surface area is 166 Å². The topological polar surface area (TPSA) is 86.4 Å². The number of carbonyl (C=O) groups excluding carboxylic acids is 1. The summed E-state index contributed by atoms with van der Waals surface area (Å²) in [5.74, 6) is 0.860. The van der Waals surface area contributed by atoms with E-state index in [1.807, 2.05) is 13.8 Å². The van der Waals surface area contributed by atoms with Crippen LogP contribution in [0.5, 0.6) is 5.75 Å². The Bertz CT molecular complexity index is 1010. The Morgan fingerprint density at radius 1 is 1.25 bits per heavy atom. The van der Waals surface area contributed by atoms with Crippen molar-refractivity contribution in [2.24, 2.45) is 0 Å². The van der Waals surface area contributed by atoms with Gasteiger partial charge in [0.2, 0.25) is 0 Å². The van der Waals surface area contributed by atoms with Gasteiger partial charge in [-0.3, -0.25) is 9.59 Å². The van der Waals surface area contributed by atoms with Crippen LogP contribution in [0, 0.1) is 13.8 Å². The van der Waals surface area contributed by atoms with Crippen molar-refractivity contribution in [3.8, 4) is 17.2 Å². The van der Waals surface area contributed by atoms with Gasteiger partial charge in [-0.1, -0.05) is 11.6 Å². The van der Waals surface area contributed by atoms with Gasteiger partial charge >= 0.3 is 0 Å². The van der Waals surface area contributed by atoms with Crippen LogP contribution in [0.4, 0.5) is 0 Å². The second kappa shape index (κ2) is 8.75. The molecule has 0 bridgehead atoms. The zero-order valence-electron chi connectivity index (χ0n) is 15.6. The van der Waals surface area contributed by atoms with E-state index in [9.17, 15) is 9.59 Å². The quantitative estimate of drug-likeness (QED) is 0.657. The molecule has 0 atom stereocenters. The maximum atomic E-state index is 12.0. The normalized spacial score (nSPS) is 10.7. The molecule has 0 saturated heterocycles. The van der Waals surface area contributed by atoms with Gasteiger partial charge in [-0.05, 0) is 55.3 Å². The third kappa shape index (κ3) is 4.80. The smallest absolute Gasteiger partial charge is 0.266 e. The molecule has 0 aliphatic carbocycles. The number of rotatable bonds is 7. The first kappa shape index (κ1) is 19.7. The van der Waals surface area contributed by atoms with Crippen LogP contribution in [-0.2, 0) is 11.3 Å². The van der Waals surface area contributed by atoms with Crippen LogP contribution in [0.2, 0.25) is 5.02 Å². The van der Waals surface area contributed by atoms with Crippen LogP contribution < -0.4 is 15.6 Å². The zero-order chi connectivity index (χ0) is 20.1. The molecule has 0 unspecified atom stereocenters. The molecule has 7 nitrogen and oxygen atoms in total. The number of hydrogen-bond donors (Lipinski definition) is 1. The Morgan fingerprint density at radius 2 is 2.00 bits per heavy atom. The Balaban J connectivity index is 1.52. The van der Waals surface area contributed by atoms with E-state index in [1.165, 1.54) is 17.0 Å². The lowest BCUT2D eigenvalue weighted by Gasteiger charge is -2.11. The highest BCUT2D eigenvalue weighted by Crippen LogP contribution is 2.25. The van der Waals surface area contributed by atoms with Gasteiger partial charge in [-0.25, -0.2) is 4.68 Å². The van der Waals surface area contributed by atoms with Crippen molar-refractivity contribution in [2.75, 3.05) is 13.2 Å². The van der Waals surface area contributed by atoms with Crippen molar-refractivity contribution in [1.29, 1.82) is 0 Å². The molecule has 0 fully saturated rings. The predicted molar refractivity (Wildman–Crippen MR) is 106 cm³/mol. The first-order valence-corrected chi connectivity index (χ1v) is 9.10. The fraction of sp³-hybridized carbons (Fsp3) is 0.250. The molecule has 3 rings (SSSR count). The average molecular weight is 402 g/mol. The number of hydrogen-bond acceptors (Lipinski definition) is 5. The molecular weight excluding hydrogens is 382 g/mol. The first-order valence-electron chi connectivity index (χ1n) is 8.72. The monoisotopic (exact) mass is 401 g/mol. The van der Waals surface area contributed by atoms with Crippen LogP contribution in [-0.4, -0.2) is 28.8 Å². The molecule has 0 radical (unpaired) electrons. The van der Waals surface area contributed by atoms with E-state index in [0.717, 1.165) is 11.1 Å². The van der Waals surface area contributed by atoms with Gasteiger partial charge in [0.05, 0.1) is 12.8 Å². The molecule has 0 aliphatic heterocycles. The Kier molecular flexibility index (Phi) is 6.16. The van der Waals surface area contributed by atoms with Crippen molar-refractivity contribution in [3.63, 3.8) is 0 Å². The summed E-state index contributed by atoms with van der Waals surface area (Å²) in [4.78, 5) is 23.9. The fourth-order valence-electron chi connectivity index (χ4n) is 2.66. The van der Waals surface area contributed by atoms with E-state index in [2.05, 4.69) is 10.4 Å². The maximum absolute atomic E-state index is 12.0. The van der Waals surface area contributed by atoms with Crippen molar-refractivity contribution < 1.29 is 13.9 Å². The lowest BCUT2D eigenvalue weighted by atomic mass is 10.1. The number of aromatic nitrogens is 2. The van der Waals surface area contributed by atoms with Gasteiger partial charge in [-0.15, -0.1) is 0 Å². The number of furan rings is 1. The van der Waals surface area contributed by atoms with E-state index in [4.69, 9.17) is 20.8 Å². The van der Waals surface area contributed by atoms with Crippen LogP contribution in [0.15, 0.2) is 51.9 Å². The van der Waals surface area contributed by atoms with Crippen molar-refractivity contribution in [3.05, 3.63) is 69.2 Å². The zero-order valence-corrected chi connectivity index (χ0v) is 16.3. The molecule has 2 aromatic heterocycles. The summed E-state index contributed by atoms with van der Waals surface area (Å²) in [6.07, 6.45) is 1.54. The number of ether oxygens (including phenoxy) is 1. The van der Waals surface area contributed by atoms with Crippen LogP contribution in [0.3, 0.4) is 0 Å². The fourth-order valence-corrected chi connectivity index (χ4v) is 2.76. The van der Waals surface area contributed by atoms with Crippen LogP contribution in [0.25, 0.3) is 11.5 Å². The van der Waals surface area contributed by atoms with Gasteiger partial charge < -0.3 is 14.5 Å². The SMILES string of the molecule is Cc1cc(OCC(=O)NCCn2nc(-c3ccco3)ccc2=O)cc(C)c1Cl. The molecule has 2 heterocycles. The number of aryl methyl sites for hydroxylation is 2. The summed E-state index contributed by atoms with van der Waals surface area (Å²) in [6, 6.07) is 10.1. The van der Waals surface area contributed by atoms with Crippen LogP contribution >= 0.6 is 11.6 Å². The number of nitrogens with zero attached hydrogens (tertiary/aromatic N) is 2. The maximum Gasteiger partial charge on any atom is 0.266 e. The predicted octanol–water partition coefficient (Wildman–Crippen LogP) is 2.97. The molecule has 1 amide bonds. The molecule has 3 aromatic rings. The highest BCUT2D eigenvalue weighted by Gasteiger charge is 2.08. The molecular formula is C20H20ClN3O4. The number of amides is 1. The highest BCUT2D eigenvalue weighted by atomic mass is 35.5. The third-order valence-corrected chi connectivity index (χ3v) is 4.66. The summed E-state index contributed by atoms with van der Waals surface area (Å²) in [6.45, 7) is 4.11. The summed E-state index contributed by atoms with van der Waals surface area (Å²) in [7, 11) is 0. The molecule has 146 valence electrons. The van der Waals surface area contributed by atoms with Gasteiger partial charge in [0.25, 0.3) is 11.5 Å². The molecule has 28 heavy (non-hydrogen) atoms. The number of halogens is 1. The molecule has 8 heteroatoms. The minimum atomic E-state index is -0.291. The molecule has 0 aliphatic rings. The lowest BCUT2D eigenvalue weighted by Crippen LogP contribution is -2.34. The van der Waals surface area contributed by atoms with E-state index in [1.54, 1.807) is 30.3 Å². The molecule has 0 saturated carbocycles. The van der Waals surface area contributed by atoms with Crippen molar-refractivity contribution >= 4 is 17.5 Å². The second-order valence-electron chi connectivity index (χ2n) is 6.27. The number of carbonyl (C=O) groups is 1. The summed E-state index contributed by atoms with van der Waals surface area (Å²) in [5, 5.41) is 7.65. The minimum absolute atomic E-state index is 0.130. The molecule has 0 spiro atoms. The summed E-state index contributed by atoms with van der Waals surface area (Å²) >= 11 is 6.12. The van der Waals surface area contributed by atoms with Gasteiger partial charge in [0, 0.05) is 17.6 Å². The third-order valence-electron chi connectivity index (χ3n) is 4.07. The number of nitrogens with one attached hydrogen (secondary N) is 1. The molecule has 1 N–H and O–H groups in total. The summed E-state index contributed by atoms with van der Waals surface area (Å²) < 4.78 is 12.1. The standard InChI is InChI=1S/C20H20ClN3O4/c1-13-10-15(11-14(2)20(13)21)28-12-18(25)22-7-8-24-19(26)6-5-16(23-24)17-4-3-9-27-17/h3-6,9-11H,7-8,12H2,1-2H3,(H,22,25). The van der Waals surface area contributed by atoms with Gasteiger partial charge in [0.15, 0.2) is 12.4 Å². The van der Waals surface area contributed by atoms with E-state index < -0.39 is 0 Å². The highest BCUT2D eigenvalue weighted by molar-refractivity contribution is 6.32. The van der Waals surface area contributed by atoms with E-state index in [0.29, 0.717) is 22.2 Å². The van der Waals surface area contributed by atoms with Crippen molar-refractivity contribution in [2.45, 2.75) is 20.4 Å². The summed E-state index contributed by atoms with van der Waals surface area (Å²) in [5.41, 5.74) is 2.07. The largest absolute Gasteiger partial charge is 0.484 e. The lowest BCUT2D eigenvalue weighted by molar-refractivity contribution is -0.123. The molecule has 1 aromatic carbocycles. The minimum Gasteiger partial charge on any atom is -0.484 e.